The van der Waals surface area contributed by atoms with Crippen LogP contribution in [-0.2, 0) is 4.79 Å². The fourth-order valence-electron chi connectivity index (χ4n) is 2.71. The van der Waals surface area contributed by atoms with Gasteiger partial charge in [0.05, 0.1) is 5.54 Å². The van der Waals surface area contributed by atoms with Crippen molar-refractivity contribution in [3.8, 4) is 0 Å². The van der Waals surface area contributed by atoms with Crippen LogP contribution in [0.25, 0.3) is 0 Å². The number of hydrogen-bond donors (Lipinski definition) is 1. The van der Waals surface area contributed by atoms with Gasteiger partial charge in [-0.1, -0.05) is 13.3 Å². The van der Waals surface area contributed by atoms with E-state index in [4.69, 9.17) is 0 Å². The van der Waals surface area contributed by atoms with E-state index in [2.05, 4.69) is 12.2 Å². The molecule has 2 atom stereocenters. The summed E-state index contributed by atoms with van der Waals surface area (Å²) in [5.41, 5.74) is -0.434. The Morgan fingerprint density at radius 2 is 2.00 bits per heavy atom. The second-order valence-electron chi connectivity index (χ2n) is 5.75. The predicted molar refractivity (Wildman–Crippen MR) is 67.3 cm³/mol. The fourth-order valence-corrected chi connectivity index (χ4v) is 2.71. The molecule has 0 aromatic heterocycles. The normalized spacial score (nSPS) is 25.8. The van der Waals surface area contributed by atoms with Gasteiger partial charge in [-0.25, -0.2) is 0 Å². The van der Waals surface area contributed by atoms with Gasteiger partial charge < -0.3 is 10.2 Å². The first-order valence-corrected chi connectivity index (χ1v) is 6.36. The van der Waals surface area contributed by atoms with E-state index in [-0.39, 0.29) is 5.91 Å². The third kappa shape index (κ3) is 3.21. The highest BCUT2D eigenvalue weighted by Gasteiger charge is 2.34. The molecule has 0 heterocycles. The molecule has 94 valence electrons. The maximum absolute atomic E-state index is 12.0. The molecule has 0 spiro atoms. The van der Waals surface area contributed by atoms with E-state index < -0.39 is 5.54 Å². The lowest BCUT2D eigenvalue weighted by molar-refractivity contribution is -0.134. The zero-order chi connectivity index (χ0) is 12.3. The summed E-state index contributed by atoms with van der Waals surface area (Å²) in [4.78, 5) is 13.6. The maximum atomic E-state index is 12.0. The molecule has 0 aliphatic heterocycles. The highest BCUT2D eigenvalue weighted by Crippen LogP contribution is 2.29. The third-order valence-corrected chi connectivity index (χ3v) is 3.62. The average Bonchev–Trinajstić information content (AvgIpc) is 2.63. The highest BCUT2D eigenvalue weighted by atomic mass is 16.2. The van der Waals surface area contributed by atoms with Crippen molar-refractivity contribution in [2.75, 3.05) is 14.1 Å². The van der Waals surface area contributed by atoms with E-state index in [0.29, 0.717) is 6.04 Å². The van der Waals surface area contributed by atoms with Crippen LogP contribution in [0.4, 0.5) is 0 Å². The van der Waals surface area contributed by atoms with Crippen molar-refractivity contribution in [1.29, 1.82) is 0 Å². The molecule has 0 saturated heterocycles. The van der Waals surface area contributed by atoms with Crippen molar-refractivity contribution in [2.45, 2.75) is 58.0 Å². The molecule has 1 N–H and O–H groups in total. The Morgan fingerprint density at radius 3 is 2.44 bits per heavy atom. The van der Waals surface area contributed by atoms with Crippen LogP contribution in [0.2, 0.25) is 0 Å². The summed E-state index contributed by atoms with van der Waals surface area (Å²) in [5.74, 6) is 1.01. The van der Waals surface area contributed by atoms with Crippen LogP contribution in [0.15, 0.2) is 0 Å². The largest absolute Gasteiger partial charge is 0.347 e. The number of amides is 1. The molecule has 0 radical (unpaired) electrons. The minimum absolute atomic E-state index is 0.160. The topological polar surface area (TPSA) is 32.3 Å². The molecule has 1 fully saturated rings. The van der Waals surface area contributed by atoms with Crippen molar-refractivity contribution in [2.24, 2.45) is 5.92 Å². The minimum atomic E-state index is -0.434. The Morgan fingerprint density at radius 1 is 1.38 bits per heavy atom. The van der Waals surface area contributed by atoms with Crippen molar-refractivity contribution in [3.63, 3.8) is 0 Å². The summed E-state index contributed by atoms with van der Waals surface area (Å²) in [5, 5.41) is 3.51. The molecular formula is C13H26N2O. The van der Waals surface area contributed by atoms with Crippen LogP contribution in [0.1, 0.15) is 46.5 Å². The van der Waals surface area contributed by atoms with E-state index in [1.165, 1.54) is 25.7 Å². The Labute approximate surface area is 99.6 Å². The Hall–Kier alpha value is -0.570. The lowest BCUT2D eigenvalue weighted by atomic mass is 10.0. The fraction of sp³-hybridized carbons (Fsp3) is 0.923. The van der Waals surface area contributed by atoms with Gasteiger partial charge >= 0.3 is 0 Å². The number of rotatable bonds is 4. The monoisotopic (exact) mass is 226 g/mol. The number of hydrogen-bond acceptors (Lipinski definition) is 2. The zero-order valence-electron chi connectivity index (χ0n) is 11.3. The lowest BCUT2D eigenvalue weighted by Crippen LogP contribution is -2.55. The minimum Gasteiger partial charge on any atom is -0.347 e. The summed E-state index contributed by atoms with van der Waals surface area (Å²) in [6, 6.07) is 0.517. The second-order valence-corrected chi connectivity index (χ2v) is 5.75. The van der Waals surface area contributed by atoms with Crippen molar-refractivity contribution >= 4 is 5.91 Å². The first-order chi connectivity index (χ1) is 7.36. The van der Waals surface area contributed by atoms with E-state index >= 15 is 0 Å². The van der Waals surface area contributed by atoms with Crippen LogP contribution in [0, 0.1) is 5.92 Å². The third-order valence-electron chi connectivity index (χ3n) is 3.62. The number of carbonyl (C=O) groups excluding carboxylic acids is 1. The summed E-state index contributed by atoms with van der Waals surface area (Å²) in [7, 11) is 3.63. The van der Waals surface area contributed by atoms with E-state index in [1.54, 1.807) is 4.90 Å². The van der Waals surface area contributed by atoms with E-state index in [9.17, 15) is 4.79 Å². The smallest absolute Gasteiger partial charge is 0.241 e. The Balaban J connectivity index is 2.50. The SMILES string of the molecule is CCC1CCC(NC(C)(C)C(=O)N(C)C)C1. The Bertz CT molecular complexity index is 248. The predicted octanol–water partition coefficient (Wildman–Crippen LogP) is 2.02. The molecule has 1 aliphatic rings. The highest BCUT2D eigenvalue weighted by molar-refractivity contribution is 5.85. The molecule has 0 aromatic rings. The number of likely N-dealkylation sites (N-methyl/N-ethyl adjacent to an activating group) is 1. The van der Waals surface area contributed by atoms with Gasteiger partial charge in [-0.3, -0.25) is 4.79 Å². The van der Waals surface area contributed by atoms with Gasteiger partial charge in [0.2, 0.25) is 5.91 Å². The van der Waals surface area contributed by atoms with Gasteiger partial charge in [0, 0.05) is 20.1 Å². The zero-order valence-corrected chi connectivity index (χ0v) is 11.3. The van der Waals surface area contributed by atoms with Crippen molar-refractivity contribution in [3.05, 3.63) is 0 Å². The van der Waals surface area contributed by atoms with Gasteiger partial charge in [0.25, 0.3) is 0 Å². The first kappa shape index (κ1) is 13.5. The molecule has 2 unspecified atom stereocenters. The molecule has 3 heteroatoms. The maximum Gasteiger partial charge on any atom is 0.241 e. The van der Waals surface area contributed by atoms with Crippen LogP contribution in [0.5, 0.6) is 0 Å². The van der Waals surface area contributed by atoms with Crippen LogP contribution in [-0.4, -0.2) is 36.5 Å². The summed E-state index contributed by atoms with van der Waals surface area (Å²) < 4.78 is 0. The van der Waals surface area contributed by atoms with Crippen molar-refractivity contribution in [1.82, 2.24) is 10.2 Å². The number of carbonyl (C=O) groups is 1. The molecule has 16 heavy (non-hydrogen) atoms. The van der Waals surface area contributed by atoms with Gasteiger partial charge in [-0.05, 0) is 39.0 Å². The number of nitrogens with one attached hydrogen (secondary N) is 1. The Kier molecular flexibility index (Phi) is 4.36. The molecule has 1 saturated carbocycles. The number of nitrogens with zero attached hydrogens (tertiary/aromatic N) is 1. The molecule has 1 amide bonds. The van der Waals surface area contributed by atoms with E-state index in [0.717, 1.165) is 5.92 Å². The molecule has 1 rings (SSSR count). The first-order valence-electron chi connectivity index (χ1n) is 6.36. The standard InChI is InChI=1S/C13H26N2O/c1-6-10-7-8-11(9-10)14-13(2,3)12(16)15(4)5/h10-11,14H,6-9H2,1-5H3. The van der Waals surface area contributed by atoms with Crippen LogP contribution in [0.3, 0.4) is 0 Å². The van der Waals surface area contributed by atoms with Crippen LogP contribution < -0.4 is 5.32 Å². The van der Waals surface area contributed by atoms with E-state index in [1.807, 2.05) is 27.9 Å². The molecule has 1 aliphatic carbocycles. The van der Waals surface area contributed by atoms with Gasteiger partial charge in [-0.2, -0.15) is 0 Å². The second kappa shape index (κ2) is 5.17. The van der Waals surface area contributed by atoms with Gasteiger partial charge in [0.1, 0.15) is 0 Å². The summed E-state index contributed by atoms with van der Waals surface area (Å²) in [6.07, 6.45) is 5.00. The van der Waals surface area contributed by atoms with Gasteiger partial charge in [-0.15, -0.1) is 0 Å². The van der Waals surface area contributed by atoms with Crippen LogP contribution >= 0.6 is 0 Å². The van der Waals surface area contributed by atoms with Crippen molar-refractivity contribution < 1.29 is 4.79 Å². The summed E-state index contributed by atoms with van der Waals surface area (Å²) >= 11 is 0. The molecule has 3 nitrogen and oxygen atoms in total. The quantitative estimate of drug-likeness (QED) is 0.795. The average molecular weight is 226 g/mol. The molecule has 0 bridgehead atoms. The molecule has 0 aromatic carbocycles. The summed E-state index contributed by atoms with van der Waals surface area (Å²) in [6.45, 7) is 6.21. The lowest BCUT2D eigenvalue weighted by Gasteiger charge is -2.31. The van der Waals surface area contributed by atoms with Gasteiger partial charge in [0.15, 0.2) is 0 Å². The molecular weight excluding hydrogens is 200 g/mol.